The van der Waals surface area contributed by atoms with Gasteiger partial charge in [-0.25, -0.2) is 0 Å². The molecule has 2 aliphatic rings. The molecule has 0 aliphatic carbocycles. The van der Waals surface area contributed by atoms with Crippen LogP contribution in [0.2, 0.25) is 0 Å². The van der Waals surface area contributed by atoms with E-state index in [4.69, 9.17) is 4.74 Å². The molecule has 2 heterocycles. The summed E-state index contributed by atoms with van der Waals surface area (Å²) in [6.07, 6.45) is -0.952. The number of β-amino-alcohol motifs (C(OH)–C–C–N with tert-alkyl or cyclic N) is 1. The molecule has 4 amide bonds. The fraction of sp³-hybridized carbons (Fsp3) is 0.524. The van der Waals surface area contributed by atoms with Gasteiger partial charge in [0.2, 0.25) is 17.7 Å². The Hall–Kier alpha value is -3.14. The first-order valence-electron chi connectivity index (χ1n) is 10.3. The summed E-state index contributed by atoms with van der Waals surface area (Å²) in [6, 6.07) is 4.61. The fourth-order valence-corrected chi connectivity index (χ4v) is 3.47. The Morgan fingerprint density at radius 3 is 2.55 bits per heavy atom. The lowest BCUT2D eigenvalue weighted by Gasteiger charge is -2.38. The van der Waals surface area contributed by atoms with Gasteiger partial charge in [0.15, 0.2) is 0 Å². The van der Waals surface area contributed by atoms with Gasteiger partial charge < -0.3 is 30.7 Å². The smallest absolute Gasteiger partial charge is 0.255 e. The quantitative estimate of drug-likeness (QED) is 0.475. The van der Waals surface area contributed by atoms with E-state index in [2.05, 4.69) is 16.0 Å². The predicted molar refractivity (Wildman–Crippen MR) is 110 cm³/mol. The van der Waals surface area contributed by atoms with Crippen LogP contribution in [0.25, 0.3) is 0 Å². The van der Waals surface area contributed by atoms with Crippen LogP contribution in [0, 0.1) is 5.92 Å². The summed E-state index contributed by atoms with van der Waals surface area (Å²) in [5, 5.41) is 17.5. The number of hydrogen-bond donors (Lipinski definition) is 4. The minimum atomic E-state index is -1.15. The van der Waals surface area contributed by atoms with Crippen LogP contribution in [-0.2, 0) is 14.4 Å². The molecule has 0 bridgehead atoms. The van der Waals surface area contributed by atoms with Crippen LogP contribution in [0.5, 0.6) is 5.75 Å². The lowest BCUT2D eigenvalue weighted by molar-refractivity contribution is -0.145. The van der Waals surface area contributed by atoms with Gasteiger partial charge in [0, 0.05) is 13.1 Å². The number of para-hydroxylation sites is 1. The summed E-state index contributed by atoms with van der Waals surface area (Å²) < 4.78 is 5.67. The molecule has 4 N–H and O–H groups in total. The highest BCUT2D eigenvalue weighted by atomic mass is 16.5. The van der Waals surface area contributed by atoms with Crippen molar-refractivity contribution in [2.75, 3.05) is 26.2 Å². The van der Waals surface area contributed by atoms with Gasteiger partial charge in [0.1, 0.15) is 24.4 Å². The van der Waals surface area contributed by atoms with Crippen LogP contribution in [0.1, 0.15) is 30.6 Å². The molecule has 2 atom stereocenters. The van der Waals surface area contributed by atoms with Gasteiger partial charge in [-0.05, 0) is 18.1 Å². The highest BCUT2D eigenvalue weighted by molar-refractivity contribution is 6.01. The maximum absolute atomic E-state index is 12.9. The third-order valence-corrected chi connectivity index (χ3v) is 5.22. The molecular weight excluding hydrogens is 404 g/mol. The Balaban J connectivity index is 1.87. The third kappa shape index (κ3) is 5.52. The largest absolute Gasteiger partial charge is 0.491 e. The van der Waals surface area contributed by atoms with Crippen molar-refractivity contribution in [2.24, 2.45) is 5.92 Å². The molecule has 0 radical (unpaired) electrons. The van der Waals surface area contributed by atoms with E-state index in [1.54, 1.807) is 38.1 Å². The third-order valence-electron chi connectivity index (χ3n) is 5.22. The second-order valence-electron chi connectivity index (χ2n) is 8.05. The Labute approximate surface area is 180 Å². The number of likely N-dealkylation sites (tertiary alicyclic amines) is 1. The topological polar surface area (TPSA) is 137 Å². The van der Waals surface area contributed by atoms with Crippen LogP contribution in [0.15, 0.2) is 24.3 Å². The predicted octanol–water partition coefficient (Wildman–Crippen LogP) is -0.972. The van der Waals surface area contributed by atoms with Crippen molar-refractivity contribution in [1.29, 1.82) is 0 Å². The SMILES string of the molecule is CC(C)[C@@H]1NC(=O)C[C@@H](C(=O)N2CC(O)C2)NC(=O)c2ccccc2OCCNC1=O. The molecular formula is C21H28N4O6. The number of rotatable bonds is 2. The fourth-order valence-electron chi connectivity index (χ4n) is 3.47. The van der Waals surface area contributed by atoms with E-state index in [-0.39, 0.29) is 50.1 Å². The molecule has 10 heteroatoms. The molecule has 3 rings (SSSR count). The summed E-state index contributed by atoms with van der Waals surface area (Å²) in [4.78, 5) is 52.4. The highest BCUT2D eigenvalue weighted by Gasteiger charge is 2.36. The van der Waals surface area contributed by atoms with Crippen LogP contribution >= 0.6 is 0 Å². The minimum Gasteiger partial charge on any atom is -0.491 e. The van der Waals surface area contributed by atoms with Crippen molar-refractivity contribution in [3.63, 3.8) is 0 Å². The number of amides is 4. The zero-order chi connectivity index (χ0) is 22.5. The van der Waals surface area contributed by atoms with Crippen molar-refractivity contribution in [3.05, 3.63) is 29.8 Å². The first kappa shape index (κ1) is 22.5. The average Bonchev–Trinajstić information content (AvgIpc) is 2.71. The molecule has 1 fully saturated rings. The van der Waals surface area contributed by atoms with Crippen molar-refractivity contribution < 1.29 is 29.0 Å². The van der Waals surface area contributed by atoms with Gasteiger partial charge in [-0.15, -0.1) is 0 Å². The van der Waals surface area contributed by atoms with Gasteiger partial charge in [-0.2, -0.15) is 0 Å². The number of benzene rings is 1. The maximum atomic E-state index is 12.9. The number of carbonyl (C=O) groups is 4. The molecule has 1 aromatic carbocycles. The highest BCUT2D eigenvalue weighted by Crippen LogP contribution is 2.19. The van der Waals surface area contributed by atoms with Crippen molar-refractivity contribution in [1.82, 2.24) is 20.9 Å². The number of aliphatic hydroxyl groups excluding tert-OH is 1. The first-order valence-corrected chi connectivity index (χ1v) is 10.3. The van der Waals surface area contributed by atoms with Crippen LogP contribution in [0.4, 0.5) is 0 Å². The molecule has 10 nitrogen and oxygen atoms in total. The summed E-state index contributed by atoms with van der Waals surface area (Å²) in [5.41, 5.74) is 0.216. The van der Waals surface area contributed by atoms with Gasteiger partial charge >= 0.3 is 0 Å². The number of hydrogen-bond acceptors (Lipinski definition) is 6. The Morgan fingerprint density at radius 1 is 1.16 bits per heavy atom. The van der Waals surface area contributed by atoms with E-state index in [1.807, 2.05) is 0 Å². The monoisotopic (exact) mass is 432 g/mol. The van der Waals surface area contributed by atoms with E-state index < -0.39 is 35.9 Å². The summed E-state index contributed by atoms with van der Waals surface area (Å²) in [7, 11) is 0. The summed E-state index contributed by atoms with van der Waals surface area (Å²) in [5.74, 6) is -1.78. The molecule has 168 valence electrons. The van der Waals surface area contributed by atoms with Crippen molar-refractivity contribution in [3.8, 4) is 5.75 Å². The number of nitrogens with one attached hydrogen (secondary N) is 3. The molecule has 2 aliphatic heterocycles. The van der Waals surface area contributed by atoms with Crippen molar-refractivity contribution >= 4 is 23.6 Å². The standard InChI is InChI=1S/C21H28N4O6/c1-12(2)18-20(29)22-7-8-31-16-6-4-3-5-14(16)19(28)23-15(9-17(27)24-18)21(30)25-10-13(26)11-25/h3-6,12-13,15,18,26H,7-11H2,1-2H3,(H,22,29)(H,23,28)(H,24,27)/t15-,18-/m0/s1. The molecule has 0 unspecified atom stereocenters. The summed E-state index contributed by atoms with van der Waals surface area (Å²) in [6.45, 7) is 4.21. The second kappa shape index (κ2) is 9.78. The second-order valence-corrected chi connectivity index (χ2v) is 8.05. The average molecular weight is 432 g/mol. The van der Waals surface area contributed by atoms with Gasteiger partial charge in [-0.3, -0.25) is 19.2 Å². The lowest BCUT2D eigenvalue weighted by atomic mass is 10.0. The Kier molecular flexibility index (Phi) is 7.11. The number of nitrogens with zero attached hydrogens (tertiary/aromatic N) is 1. The first-order chi connectivity index (χ1) is 14.8. The maximum Gasteiger partial charge on any atom is 0.255 e. The molecule has 31 heavy (non-hydrogen) atoms. The molecule has 0 spiro atoms. The van der Waals surface area contributed by atoms with Crippen LogP contribution in [-0.4, -0.2) is 78.1 Å². The van der Waals surface area contributed by atoms with Crippen molar-refractivity contribution in [2.45, 2.75) is 38.5 Å². The minimum absolute atomic E-state index is 0.128. The molecule has 0 aromatic heterocycles. The van der Waals surface area contributed by atoms with Crippen LogP contribution < -0.4 is 20.7 Å². The Morgan fingerprint density at radius 2 is 1.87 bits per heavy atom. The van der Waals surface area contributed by atoms with Gasteiger partial charge in [-0.1, -0.05) is 26.0 Å². The molecule has 1 saturated heterocycles. The lowest BCUT2D eigenvalue weighted by Crippen LogP contribution is -2.60. The van der Waals surface area contributed by atoms with E-state index in [9.17, 15) is 24.3 Å². The zero-order valence-corrected chi connectivity index (χ0v) is 17.6. The number of aliphatic hydroxyl groups is 1. The van der Waals surface area contributed by atoms with Gasteiger partial charge in [0.05, 0.1) is 24.6 Å². The number of carbonyl (C=O) groups excluding carboxylic acids is 4. The van der Waals surface area contributed by atoms with Gasteiger partial charge in [0.25, 0.3) is 5.91 Å². The van der Waals surface area contributed by atoms with E-state index in [0.29, 0.717) is 5.75 Å². The van der Waals surface area contributed by atoms with E-state index >= 15 is 0 Å². The number of fused-ring (bicyclic) bond motifs is 1. The Bertz CT molecular complexity index is 852. The van der Waals surface area contributed by atoms with E-state index in [1.165, 1.54) is 4.90 Å². The molecule has 1 aromatic rings. The van der Waals surface area contributed by atoms with Crippen LogP contribution in [0.3, 0.4) is 0 Å². The molecule has 0 saturated carbocycles. The zero-order valence-electron chi connectivity index (χ0n) is 17.6. The number of ether oxygens (including phenoxy) is 1. The van der Waals surface area contributed by atoms with E-state index in [0.717, 1.165) is 0 Å². The normalized spacial score (nSPS) is 23.5. The summed E-state index contributed by atoms with van der Waals surface area (Å²) >= 11 is 0.